The molecule has 1 unspecified atom stereocenters. The van der Waals surface area contributed by atoms with Crippen molar-refractivity contribution >= 4 is 23.2 Å². The largest absolute Gasteiger partial charge is 0.490 e. The third-order valence-electron chi connectivity index (χ3n) is 3.22. The number of anilines is 1. The lowest BCUT2D eigenvalue weighted by molar-refractivity contribution is -0.116. The molecule has 2 aromatic rings. The standard InChI is InChI=1S/C16H20ClN3O3/c1-12(20-7-3-6-18-20)10-16(21)19-13-4-5-15(14(17)11-13)23-9-8-22-2/h3-7,11-12H,8-10H2,1-2H3,(H,19,21). The van der Waals surface area contributed by atoms with Crippen molar-refractivity contribution in [3.63, 3.8) is 0 Å². The molecule has 23 heavy (non-hydrogen) atoms. The molecule has 1 N–H and O–H groups in total. The molecule has 1 aromatic heterocycles. The number of nitrogens with one attached hydrogen (secondary N) is 1. The average Bonchev–Trinajstić information content (AvgIpc) is 3.04. The first-order valence-electron chi connectivity index (χ1n) is 7.30. The Labute approximate surface area is 140 Å². The van der Waals surface area contributed by atoms with Crippen molar-refractivity contribution < 1.29 is 14.3 Å². The van der Waals surface area contributed by atoms with E-state index in [1.807, 2.05) is 19.2 Å². The summed E-state index contributed by atoms with van der Waals surface area (Å²) in [5, 5.41) is 7.40. The van der Waals surface area contributed by atoms with Crippen molar-refractivity contribution in [3.8, 4) is 5.75 Å². The molecule has 0 fully saturated rings. The number of ether oxygens (including phenoxy) is 2. The molecule has 7 heteroatoms. The zero-order valence-electron chi connectivity index (χ0n) is 13.2. The van der Waals surface area contributed by atoms with E-state index in [9.17, 15) is 4.79 Å². The number of aromatic nitrogens is 2. The van der Waals surface area contributed by atoms with Crippen LogP contribution in [0.2, 0.25) is 5.02 Å². The number of halogens is 1. The van der Waals surface area contributed by atoms with Crippen LogP contribution in [0.4, 0.5) is 5.69 Å². The molecule has 0 bridgehead atoms. The predicted octanol–water partition coefficient (Wildman–Crippen LogP) is 3.15. The van der Waals surface area contributed by atoms with E-state index in [2.05, 4.69) is 10.4 Å². The smallest absolute Gasteiger partial charge is 0.226 e. The van der Waals surface area contributed by atoms with Crippen LogP contribution in [0.3, 0.4) is 0 Å². The van der Waals surface area contributed by atoms with Gasteiger partial charge in [0, 0.05) is 31.6 Å². The molecule has 1 heterocycles. The Morgan fingerprint density at radius 1 is 1.43 bits per heavy atom. The van der Waals surface area contributed by atoms with Crippen LogP contribution in [0.5, 0.6) is 5.75 Å². The summed E-state index contributed by atoms with van der Waals surface area (Å²) in [4.78, 5) is 12.1. The molecule has 2 rings (SSSR count). The van der Waals surface area contributed by atoms with Crippen molar-refractivity contribution in [3.05, 3.63) is 41.7 Å². The number of rotatable bonds is 8. The molecule has 0 aliphatic heterocycles. The fourth-order valence-electron chi connectivity index (χ4n) is 2.05. The van der Waals surface area contributed by atoms with Gasteiger partial charge in [-0.2, -0.15) is 5.10 Å². The number of benzene rings is 1. The first kappa shape index (κ1) is 17.3. The molecular weight excluding hydrogens is 318 g/mol. The van der Waals surface area contributed by atoms with E-state index in [1.165, 1.54) is 0 Å². The predicted molar refractivity (Wildman–Crippen MR) is 89.0 cm³/mol. The van der Waals surface area contributed by atoms with Gasteiger partial charge in [0.2, 0.25) is 5.91 Å². The zero-order chi connectivity index (χ0) is 16.7. The van der Waals surface area contributed by atoms with Crippen molar-refractivity contribution in [2.75, 3.05) is 25.6 Å². The van der Waals surface area contributed by atoms with Gasteiger partial charge >= 0.3 is 0 Å². The molecule has 0 aliphatic carbocycles. The van der Waals surface area contributed by atoms with Crippen LogP contribution in [0, 0.1) is 0 Å². The minimum absolute atomic E-state index is 0.0166. The molecule has 6 nitrogen and oxygen atoms in total. The summed E-state index contributed by atoms with van der Waals surface area (Å²) in [6, 6.07) is 6.96. The average molecular weight is 338 g/mol. The molecule has 0 aliphatic rings. The lowest BCUT2D eigenvalue weighted by Gasteiger charge is -2.13. The molecule has 0 saturated heterocycles. The first-order valence-corrected chi connectivity index (χ1v) is 7.68. The SMILES string of the molecule is COCCOc1ccc(NC(=O)CC(C)n2cccn2)cc1Cl. The van der Waals surface area contributed by atoms with E-state index in [0.717, 1.165) is 0 Å². The maximum Gasteiger partial charge on any atom is 0.226 e. The summed E-state index contributed by atoms with van der Waals surface area (Å²) in [5.41, 5.74) is 0.631. The Morgan fingerprint density at radius 3 is 2.91 bits per heavy atom. The molecule has 0 spiro atoms. The van der Waals surface area contributed by atoms with Crippen LogP contribution in [0.1, 0.15) is 19.4 Å². The second-order valence-electron chi connectivity index (χ2n) is 5.07. The summed E-state index contributed by atoms with van der Waals surface area (Å²) in [6.45, 7) is 2.84. The normalized spacial score (nSPS) is 12.0. The number of carbonyl (C=O) groups excluding carboxylic acids is 1. The Bertz CT molecular complexity index is 632. The van der Waals surface area contributed by atoms with Crippen molar-refractivity contribution in [2.24, 2.45) is 0 Å². The number of hydrogen-bond donors (Lipinski definition) is 1. The lowest BCUT2D eigenvalue weighted by Crippen LogP contribution is -2.17. The van der Waals surface area contributed by atoms with Gasteiger partial charge < -0.3 is 14.8 Å². The molecule has 1 aromatic carbocycles. The summed E-state index contributed by atoms with van der Waals surface area (Å²) in [5.74, 6) is 0.462. The fraction of sp³-hybridized carbons (Fsp3) is 0.375. The van der Waals surface area contributed by atoms with Gasteiger partial charge in [-0.3, -0.25) is 9.48 Å². The van der Waals surface area contributed by atoms with E-state index < -0.39 is 0 Å². The highest BCUT2D eigenvalue weighted by molar-refractivity contribution is 6.32. The number of amides is 1. The van der Waals surface area contributed by atoms with E-state index in [-0.39, 0.29) is 11.9 Å². The van der Waals surface area contributed by atoms with E-state index in [0.29, 0.717) is 36.1 Å². The van der Waals surface area contributed by atoms with Gasteiger partial charge in [0.05, 0.1) is 17.7 Å². The molecule has 1 amide bonds. The third kappa shape index (κ3) is 5.26. The minimum atomic E-state index is -0.0999. The molecule has 1 atom stereocenters. The van der Waals surface area contributed by atoms with Crippen LogP contribution in [0.25, 0.3) is 0 Å². The van der Waals surface area contributed by atoms with Crippen LogP contribution in [-0.2, 0) is 9.53 Å². The summed E-state index contributed by atoms with van der Waals surface area (Å²) in [7, 11) is 1.61. The maximum absolute atomic E-state index is 12.1. The Hall–Kier alpha value is -2.05. The summed E-state index contributed by atoms with van der Waals surface area (Å²) < 4.78 is 12.1. The second-order valence-corrected chi connectivity index (χ2v) is 5.48. The van der Waals surface area contributed by atoms with Crippen molar-refractivity contribution in [2.45, 2.75) is 19.4 Å². The Morgan fingerprint density at radius 2 is 2.26 bits per heavy atom. The van der Waals surface area contributed by atoms with Gasteiger partial charge in [-0.25, -0.2) is 0 Å². The van der Waals surface area contributed by atoms with Gasteiger partial charge in [0.25, 0.3) is 0 Å². The molecule has 0 saturated carbocycles. The third-order valence-corrected chi connectivity index (χ3v) is 3.51. The Balaban J connectivity index is 1.89. The number of hydrogen-bond acceptors (Lipinski definition) is 4. The number of nitrogens with zero attached hydrogens (tertiary/aromatic N) is 2. The van der Waals surface area contributed by atoms with Gasteiger partial charge in [0.15, 0.2) is 0 Å². The summed E-state index contributed by atoms with van der Waals surface area (Å²) >= 11 is 6.15. The van der Waals surface area contributed by atoms with Gasteiger partial charge in [0.1, 0.15) is 12.4 Å². The van der Waals surface area contributed by atoms with E-state index >= 15 is 0 Å². The topological polar surface area (TPSA) is 65.4 Å². The first-order chi connectivity index (χ1) is 11.1. The Kier molecular flexibility index (Phi) is 6.43. The minimum Gasteiger partial charge on any atom is -0.490 e. The highest BCUT2D eigenvalue weighted by Gasteiger charge is 2.12. The zero-order valence-corrected chi connectivity index (χ0v) is 13.9. The van der Waals surface area contributed by atoms with E-state index in [4.69, 9.17) is 21.1 Å². The maximum atomic E-state index is 12.1. The van der Waals surface area contributed by atoms with Gasteiger partial charge in [-0.05, 0) is 31.2 Å². The molecular formula is C16H20ClN3O3. The van der Waals surface area contributed by atoms with E-state index in [1.54, 1.807) is 36.2 Å². The van der Waals surface area contributed by atoms with Crippen LogP contribution in [0.15, 0.2) is 36.7 Å². The quantitative estimate of drug-likeness (QED) is 0.751. The number of methoxy groups -OCH3 is 1. The monoisotopic (exact) mass is 337 g/mol. The van der Waals surface area contributed by atoms with Crippen molar-refractivity contribution in [1.82, 2.24) is 9.78 Å². The lowest BCUT2D eigenvalue weighted by atomic mass is 10.2. The van der Waals surface area contributed by atoms with Crippen LogP contribution in [-0.4, -0.2) is 36.0 Å². The van der Waals surface area contributed by atoms with Crippen LogP contribution < -0.4 is 10.1 Å². The molecule has 124 valence electrons. The fourth-order valence-corrected chi connectivity index (χ4v) is 2.28. The number of carbonyl (C=O) groups is 1. The van der Waals surface area contributed by atoms with Crippen molar-refractivity contribution in [1.29, 1.82) is 0 Å². The highest BCUT2D eigenvalue weighted by atomic mass is 35.5. The van der Waals surface area contributed by atoms with Gasteiger partial charge in [-0.1, -0.05) is 11.6 Å². The van der Waals surface area contributed by atoms with Gasteiger partial charge in [-0.15, -0.1) is 0 Å². The second kappa shape index (κ2) is 8.55. The van der Waals surface area contributed by atoms with Crippen LogP contribution >= 0.6 is 11.6 Å². The molecule has 0 radical (unpaired) electrons. The highest BCUT2D eigenvalue weighted by Crippen LogP contribution is 2.28. The summed E-state index contributed by atoms with van der Waals surface area (Å²) in [6.07, 6.45) is 3.85.